The SMILES string of the molecule is CN1CCCC(C(=O)Nc2cc(Cl)ccc2Cl)C1. The summed E-state index contributed by atoms with van der Waals surface area (Å²) >= 11 is 11.9. The number of hydrogen-bond acceptors (Lipinski definition) is 2. The summed E-state index contributed by atoms with van der Waals surface area (Å²) in [5.41, 5.74) is 0.586. The summed E-state index contributed by atoms with van der Waals surface area (Å²) in [5.74, 6) is 0.0458. The minimum atomic E-state index is 0.0192. The second-order valence-corrected chi connectivity index (χ2v) is 5.56. The highest BCUT2D eigenvalue weighted by Crippen LogP contribution is 2.26. The van der Waals surface area contributed by atoms with Crippen molar-refractivity contribution in [2.24, 2.45) is 5.92 Å². The van der Waals surface area contributed by atoms with Crippen molar-refractivity contribution in [1.29, 1.82) is 0 Å². The third-order valence-electron chi connectivity index (χ3n) is 3.18. The lowest BCUT2D eigenvalue weighted by atomic mass is 9.97. The molecule has 0 aliphatic carbocycles. The topological polar surface area (TPSA) is 32.3 Å². The zero-order valence-corrected chi connectivity index (χ0v) is 11.8. The van der Waals surface area contributed by atoms with Gasteiger partial charge in [-0.15, -0.1) is 0 Å². The molecule has 1 atom stereocenters. The second kappa shape index (κ2) is 5.91. The fourth-order valence-electron chi connectivity index (χ4n) is 2.21. The third-order valence-corrected chi connectivity index (χ3v) is 3.75. The van der Waals surface area contributed by atoms with E-state index in [2.05, 4.69) is 10.2 Å². The zero-order chi connectivity index (χ0) is 13.1. The zero-order valence-electron chi connectivity index (χ0n) is 10.2. The van der Waals surface area contributed by atoms with Gasteiger partial charge >= 0.3 is 0 Å². The molecule has 2 rings (SSSR count). The van der Waals surface area contributed by atoms with Gasteiger partial charge in [0.2, 0.25) is 5.91 Å². The molecule has 1 heterocycles. The summed E-state index contributed by atoms with van der Waals surface area (Å²) in [5, 5.41) is 3.94. The second-order valence-electron chi connectivity index (χ2n) is 4.71. The lowest BCUT2D eigenvalue weighted by molar-refractivity contribution is -0.121. The number of nitrogens with one attached hydrogen (secondary N) is 1. The number of benzene rings is 1. The molecule has 0 bridgehead atoms. The van der Waals surface area contributed by atoms with Crippen LogP contribution in [0.4, 0.5) is 5.69 Å². The maximum Gasteiger partial charge on any atom is 0.228 e. The summed E-state index contributed by atoms with van der Waals surface area (Å²) in [6.07, 6.45) is 1.98. The molecule has 3 nitrogen and oxygen atoms in total. The fraction of sp³-hybridized carbons (Fsp3) is 0.462. The Morgan fingerprint density at radius 2 is 2.22 bits per heavy atom. The summed E-state index contributed by atoms with van der Waals surface area (Å²) in [6.45, 7) is 1.85. The highest BCUT2D eigenvalue weighted by atomic mass is 35.5. The molecular formula is C13H16Cl2N2O. The number of rotatable bonds is 2. The van der Waals surface area contributed by atoms with Crippen LogP contribution < -0.4 is 5.32 Å². The average molecular weight is 287 g/mol. The monoisotopic (exact) mass is 286 g/mol. The lowest BCUT2D eigenvalue weighted by Gasteiger charge is -2.28. The number of nitrogens with zero attached hydrogens (tertiary/aromatic N) is 1. The molecular weight excluding hydrogens is 271 g/mol. The van der Waals surface area contributed by atoms with Crippen LogP contribution in [0.2, 0.25) is 10.0 Å². The van der Waals surface area contributed by atoms with E-state index in [1.807, 2.05) is 7.05 Å². The van der Waals surface area contributed by atoms with Gasteiger partial charge in [-0.3, -0.25) is 4.79 Å². The molecule has 5 heteroatoms. The third kappa shape index (κ3) is 3.37. The first-order valence-electron chi connectivity index (χ1n) is 6.00. The first kappa shape index (κ1) is 13.7. The van der Waals surface area contributed by atoms with E-state index in [4.69, 9.17) is 23.2 Å². The van der Waals surface area contributed by atoms with Crippen LogP contribution in [0.25, 0.3) is 0 Å². The summed E-state index contributed by atoms with van der Waals surface area (Å²) < 4.78 is 0. The van der Waals surface area contributed by atoms with Gasteiger partial charge in [-0.2, -0.15) is 0 Å². The van der Waals surface area contributed by atoms with Gasteiger partial charge in [0.1, 0.15) is 0 Å². The van der Waals surface area contributed by atoms with Crippen molar-refractivity contribution >= 4 is 34.8 Å². The average Bonchev–Trinajstić information content (AvgIpc) is 2.34. The van der Waals surface area contributed by atoms with Crippen LogP contribution in [0.3, 0.4) is 0 Å². The van der Waals surface area contributed by atoms with E-state index in [1.165, 1.54) is 0 Å². The Hall–Kier alpha value is -0.770. The van der Waals surface area contributed by atoms with Crippen LogP contribution in [0.5, 0.6) is 0 Å². The van der Waals surface area contributed by atoms with Gasteiger partial charge in [0, 0.05) is 11.6 Å². The van der Waals surface area contributed by atoms with Gasteiger partial charge < -0.3 is 10.2 Å². The number of hydrogen-bond donors (Lipinski definition) is 1. The molecule has 1 saturated heterocycles. The van der Waals surface area contributed by atoms with Crippen molar-refractivity contribution in [3.8, 4) is 0 Å². The standard InChI is InChI=1S/C13H16Cl2N2O/c1-17-6-2-3-9(8-17)13(18)16-12-7-10(14)4-5-11(12)15/h4-5,7,9H,2-3,6,8H2,1H3,(H,16,18). The minimum Gasteiger partial charge on any atom is -0.324 e. The maximum atomic E-state index is 12.1. The van der Waals surface area contributed by atoms with Crippen LogP contribution in [0.1, 0.15) is 12.8 Å². The Labute approximate surface area is 117 Å². The predicted octanol–water partition coefficient (Wildman–Crippen LogP) is 3.27. The van der Waals surface area contributed by atoms with Gasteiger partial charge in [0.05, 0.1) is 16.6 Å². The van der Waals surface area contributed by atoms with E-state index >= 15 is 0 Å². The van der Waals surface area contributed by atoms with Crippen molar-refractivity contribution in [3.05, 3.63) is 28.2 Å². The predicted molar refractivity (Wildman–Crippen MR) is 75.3 cm³/mol. The smallest absolute Gasteiger partial charge is 0.228 e. The molecule has 0 spiro atoms. The number of amides is 1. The normalized spacial score (nSPS) is 20.7. The minimum absolute atomic E-state index is 0.0192. The van der Waals surface area contributed by atoms with Gasteiger partial charge in [-0.25, -0.2) is 0 Å². The molecule has 1 N–H and O–H groups in total. The molecule has 1 aromatic carbocycles. The Morgan fingerprint density at radius 1 is 1.44 bits per heavy atom. The lowest BCUT2D eigenvalue weighted by Crippen LogP contribution is -2.38. The van der Waals surface area contributed by atoms with Crippen LogP contribution >= 0.6 is 23.2 Å². The Morgan fingerprint density at radius 3 is 2.94 bits per heavy atom. The van der Waals surface area contributed by atoms with Crippen molar-refractivity contribution in [2.75, 3.05) is 25.5 Å². The van der Waals surface area contributed by atoms with Crippen molar-refractivity contribution < 1.29 is 4.79 Å². The number of piperidine rings is 1. The van der Waals surface area contributed by atoms with Crippen LogP contribution in [0.15, 0.2) is 18.2 Å². The molecule has 0 radical (unpaired) electrons. The quantitative estimate of drug-likeness (QED) is 0.905. The van der Waals surface area contributed by atoms with E-state index in [0.717, 1.165) is 25.9 Å². The Kier molecular flexibility index (Phi) is 4.49. The summed E-state index contributed by atoms with van der Waals surface area (Å²) in [6, 6.07) is 5.06. The summed E-state index contributed by atoms with van der Waals surface area (Å²) in [7, 11) is 2.03. The molecule has 98 valence electrons. The molecule has 1 aromatic rings. The first-order chi connectivity index (χ1) is 8.56. The van der Waals surface area contributed by atoms with Gasteiger partial charge in [0.15, 0.2) is 0 Å². The van der Waals surface area contributed by atoms with Crippen LogP contribution in [-0.4, -0.2) is 30.9 Å². The van der Waals surface area contributed by atoms with E-state index in [9.17, 15) is 4.79 Å². The molecule has 0 aromatic heterocycles. The van der Waals surface area contributed by atoms with Crippen molar-refractivity contribution in [3.63, 3.8) is 0 Å². The number of anilines is 1. The van der Waals surface area contributed by atoms with E-state index in [-0.39, 0.29) is 11.8 Å². The van der Waals surface area contributed by atoms with Crippen LogP contribution in [-0.2, 0) is 4.79 Å². The van der Waals surface area contributed by atoms with Gasteiger partial charge in [-0.05, 0) is 44.6 Å². The van der Waals surface area contributed by atoms with Gasteiger partial charge in [-0.1, -0.05) is 23.2 Å². The largest absolute Gasteiger partial charge is 0.324 e. The van der Waals surface area contributed by atoms with Gasteiger partial charge in [0.25, 0.3) is 0 Å². The van der Waals surface area contributed by atoms with E-state index < -0.39 is 0 Å². The van der Waals surface area contributed by atoms with Crippen molar-refractivity contribution in [2.45, 2.75) is 12.8 Å². The molecule has 1 unspecified atom stereocenters. The number of likely N-dealkylation sites (tertiary alicyclic amines) is 1. The first-order valence-corrected chi connectivity index (χ1v) is 6.76. The molecule has 18 heavy (non-hydrogen) atoms. The Balaban J connectivity index is 2.04. The highest BCUT2D eigenvalue weighted by Gasteiger charge is 2.24. The van der Waals surface area contributed by atoms with Crippen LogP contribution in [0, 0.1) is 5.92 Å². The molecule has 1 aliphatic heterocycles. The van der Waals surface area contributed by atoms with E-state index in [1.54, 1.807) is 18.2 Å². The maximum absolute atomic E-state index is 12.1. The van der Waals surface area contributed by atoms with Crippen molar-refractivity contribution in [1.82, 2.24) is 4.90 Å². The van der Waals surface area contributed by atoms with E-state index in [0.29, 0.717) is 15.7 Å². The number of carbonyl (C=O) groups excluding carboxylic acids is 1. The summed E-state index contributed by atoms with van der Waals surface area (Å²) in [4.78, 5) is 14.3. The fourth-order valence-corrected chi connectivity index (χ4v) is 2.55. The number of carbonyl (C=O) groups is 1. The Bertz CT molecular complexity index is 451. The molecule has 1 amide bonds. The number of halogens is 2. The highest BCUT2D eigenvalue weighted by molar-refractivity contribution is 6.35. The molecule has 1 aliphatic rings. The molecule has 1 fully saturated rings. The molecule has 0 saturated carbocycles.